The molecule has 0 radical (unpaired) electrons. The summed E-state index contributed by atoms with van der Waals surface area (Å²) in [6.45, 7) is 2.39. The van der Waals surface area contributed by atoms with Gasteiger partial charge in [-0.25, -0.2) is 0 Å². The minimum atomic E-state index is 0. The van der Waals surface area contributed by atoms with Crippen molar-refractivity contribution in [2.24, 2.45) is 0 Å². The van der Waals surface area contributed by atoms with Crippen LogP contribution in [0.4, 0.5) is 0 Å². The summed E-state index contributed by atoms with van der Waals surface area (Å²) in [5, 5.41) is 13.3. The van der Waals surface area contributed by atoms with Crippen LogP contribution in [0, 0.1) is 0 Å². The van der Waals surface area contributed by atoms with Gasteiger partial charge in [0.1, 0.15) is 12.4 Å². The number of benzene rings is 2. The number of unbranched alkanes of at least 4 members (excludes halogenated alkanes) is 1. The highest BCUT2D eigenvalue weighted by molar-refractivity contribution is 6.35. The van der Waals surface area contributed by atoms with Crippen LogP contribution in [-0.4, -0.2) is 18.3 Å². The summed E-state index contributed by atoms with van der Waals surface area (Å²) in [5.74, 6) is 0.806. The van der Waals surface area contributed by atoms with E-state index < -0.39 is 0 Å². The molecule has 0 aliphatic carbocycles. The van der Waals surface area contributed by atoms with E-state index in [0.717, 1.165) is 37.2 Å². The van der Waals surface area contributed by atoms with Crippen LogP contribution in [-0.2, 0) is 13.2 Å². The molecule has 0 saturated carbocycles. The summed E-state index contributed by atoms with van der Waals surface area (Å²) in [6, 6.07) is 13.4. The smallest absolute Gasteiger partial charge is 0.119 e. The zero-order valence-corrected chi connectivity index (χ0v) is 15.6. The molecular formula is C18H22Cl3NO2. The molecule has 0 saturated heterocycles. The summed E-state index contributed by atoms with van der Waals surface area (Å²) < 4.78 is 5.75. The van der Waals surface area contributed by atoms with E-state index in [1.54, 1.807) is 12.1 Å². The fourth-order valence-corrected chi connectivity index (χ4v) is 2.56. The van der Waals surface area contributed by atoms with Gasteiger partial charge < -0.3 is 15.2 Å². The van der Waals surface area contributed by atoms with Crippen molar-refractivity contribution >= 4 is 35.6 Å². The molecule has 2 aromatic carbocycles. The second-order valence-electron chi connectivity index (χ2n) is 5.28. The second-order valence-corrected chi connectivity index (χ2v) is 6.12. The standard InChI is InChI=1S/C18H21Cl2NO2.ClH/c19-16-6-5-15(18(20)11-16)13-23-17-7-3-14(4-8-17)12-21-9-1-2-10-22;/h3-8,11,21-22H,1-2,9-10,12-13H2;1H. The Labute approximate surface area is 159 Å². The first-order valence-electron chi connectivity index (χ1n) is 7.66. The van der Waals surface area contributed by atoms with Crippen LogP contribution >= 0.6 is 35.6 Å². The Kier molecular flexibility index (Phi) is 10.2. The molecule has 0 atom stereocenters. The highest BCUT2D eigenvalue weighted by Gasteiger charge is 2.03. The van der Waals surface area contributed by atoms with Gasteiger partial charge in [0, 0.05) is 28.8 Å². The molecule has 0 unspecified atom stereocenters. The summed E-state index contributed by atoms with van der Waals surface area (Å²) in [4.78, 5) is 0. The molecule has 0 heterocycles. The number of hydrogen-bond acceptors (Lipinski definition) is 3. The van der Waals surface area contributed by atoms with Crippen LogP contribution < -0.4 is 10.1 Å². The second kappa shape index (κ2) is 11.6. The highest BCUT2D eigenvalue weighted by Crippen LogP contribution is 2.22. The fourth-order valence-electron chi connectivity index (χ4n) is 2.10. The molecule has 0 bridgehead atoms. The predicted molar refractivity (Wildman–Crippen MR) is 103 cm³/mol. The molecule has 132 valence electrons. The molecule has 0 aliphatic rings. The lowest BCUT2D eigenvalue weighted by atomic mass is 10.2. The van der Waals surface area contributed by atoms with Crippen molar-refractivity contribution < 1.29 is 9.84 Å². The Balaban J connectivity index is 0.00000288. The SMILES string of the molecule is Cl.OCCCCNCc1ccc(OCc2ccc(Cl)cc2Cl)cc1. The molecule has 6 heteroatoms. The fraction of sp³-hybridized carbons (Fsp3) is 0.333. The Bertz CT molecular complexity index is 606. The summed E-state index contributed by atoms with van der Waals surface area (Å²) in [6.07, 6.45) is 1.83. The highest BCUT2D eigenvalue weighted by atomic mass is 35.5. The van der Waals surface area contributed by atoms with Crippen molar-refractivity contribution in [2.45, 2.75) is 26.0 Å². The topological polar surface area (TPSA) is 41.5 Å². The van der Waals surface area contributed by atoms with Crippen molar-refractivity contribution in [1.29, 1.82) is 0 Å². The van der Waals surface area contributed by atoms with E-state index in [1.165, 1.54) is 5.56 Å². The quantitative estimate of drug-likeness (QED) is 0.601. The molecule has 3 nitrogen and oxygen atoms in total. The van der Waals surface area contributed by atoms with Gasteiger partial charge in [-0.2, -0.15) is 0 Å². The van der Waals surface area contributed by atoms with Crippen molar-refractivity contribution in [2.75, 3.05) is 13.2 Å². The van der Waals surface area contributed by atoms with Crippen molar-refractivity contribution in [3.05, 3.63) is 63.6 Å². The van der Waals surface area contributed by atoms with Crippen LogP contribution in [0.3, 0.4) is 0 Å². The van der Waals surface area contributed by atoms with E-state index in [2.05, 4.69) is 5.32 Å². The Morgan fingerprint density at radius 2 is 1.75 bits per heavy atom. The van der Waals surface area contributed by atoms with Gasteiger partial charge in [0.15, 0.2) is 0 Å². The van der Waals surface area contributed by atoms with Gasteiger partial charge in [0.05, 0.1) is 0 Å². The summed E-state index contributed by atoms with van der Waals surface area (Å²) in [5.41, 5.74) is 2.11. The monoisotopic (exact) mass is 389 g/mol. The van der Waals surface area contributed by atoms with Gasteiger partial charge in [-0.1, -0.05) is 41.4 Å². The van der Waals surface area contributed by atoms with Crippen LogP contribution in [0.5, 0.6) is 5.75 Å². The van der Waals surface area contributed by atoms with E-state index >= 15 is 0 Å². The Hall–Kier alpha value is -0.970. The molecular weight excluding hydrogens is 369 g/mol. The molecule has 0 aliphatic heterocycles. The summed E-state index contributed by atoms with van der Waals surface area (Å²) >= 11 is 12.0. The lowest BCUT2D eigenvalue weighted by Crippen LogP contribution is -2.14. The molecule has 0 aromatic heterocycles. The van der Waals surface area contributed by atoms with E-state index in [4.69, 9.17) is 33.0 Å². The lowest BCUT2D eigenvalue weighted by molar-refractivity contribution is 0.283. The predicted octanol–water partition coefficient (Wildman–Crippen LogP) is 4.86. The number of nitrogens with one attached hydrogen (secondary N) is 1. The minimum Gasteiger partial charge on any atom is -0.489 e. The molecule has 0 spiro atoms. The molecule has 0 amide bonds. The van der Waals surface area contributed by atoms with Crippen LogP contribution in [0.1, 0.15) is 24.0 Å². The van der Waals surface area contributed by atoms with E-state index in [-0.39, 0.29) is 19.0 Å². The van der Waals surface area contributed by atoms with Crippen LogP contribution in [0.15, 0.2) is 42.5 Å². The summed E-state index contributed by atoms with van der Waals surface area (Å²) in [7, 11) is 0. The number of aliphatic hydroxyl groups is 1. The van der Waals surface area contributed by atoms with Gasteiger partial charge in [-0.15, -0.1) is 12.4 Å². The van der Waals surface area contributed by atoms with Gasteiger partial charge >= 0.3 is 0 Å². The molecule has 0 fully saturated rings. The third kappa shape index (κ3) is 7.29. The van der Waals surface area contributed by atoms with E-state index in [0.29, 0.717) is 16.7 Å². The van der Waals surface area contributed by atoms with Gasteiger partial charge in [0.2, 0.25) is 0 Å². The molecule has 2 N–H and O–H groups in total. The van der Waals surface area contributed by atoms with E-state index in [1.807, 2.05) is 30.3 Å². The average molecular weight is 391 g/mol. The van der Waals surface area contributed by atoms with Crippen LogP contribution in [0.2, 0.25) is 10.0 Å². The maximum Gasteiger partial charge on any atom is 0.119 e. The zero-order chi connectivity index (χ0) is 16.5. The average Bonchev–Trinajstić information content (AvgIpc) is 2.55. The minimum absolute atomic E-state index is 0. The number of halogens is 3. The van der Waals surface area contributed by atoms with Gasteiger partial charge in [-0.3, -0.25) is 0 Å². The first kappa shape index (κ1) is 21.1. The number of hydrogen-bond donors (Lipinski definition) is 2. The third-order valence-electron chi connectivity index (χ3n) is 3.42. The lowest BCUT2D eigenvalue weighted by Gasteiger charge is -2.09. The zero-order valence-electron chi connectivity index (χ0n) is 13.3. The molecule has 2 rings (SSSR count). The Morgan fingerprint density at radius 1 is 1.00 bits per heavy atom. The van der Waals surface area contributed by atoms with Crippen molar-refractivity contribution in [3.63, 3.8) is 0 Å². The normalized spacial score (nSPS) is 10.3. The van der Waals surface area contributed by atoms with Crippen LogP contribution in [0.25, 0.3) is 0 Å². The van der Waals surface area contributed by atoms with E-state index in [9.17, 15) is 0 Å². The molecule has 2 aromatic rings. The Morgan fingerprint density at radius 3 is 2.42 bits per heavy atom. The maximum atomic E-state index is 8.72. The third-order valence-corrected chi connectivity index (χ3v) is 4.01. The van der Waals surface area contributed by atoms with Gasteiger partial charge in [-0.05, 0) is 49.2 Å². The molecule has 24 heavy (non-hydrogen) atoms. The number of ether oxygens (including phenoxy) is 1. The first-order chi connectivity index (χ1) is 11.2. The largest absolute Gasteiger partial charge is 0.489 e. The maximum absolute atomic E-state index is 8.72. The van der Waals surface area contributed by atoms with Gasteiger partial charge in [0.25, 0.3) is 0 Å². The first-order valence-corrected chi connectivity index (χ1v) is 8.42. The number of aliphatic hydroxyl groups excluding tert-OH is 1. The van der Waals surface area contributed by atoms with Crippen molar-refractivity contribution in [3.8, 4) is 5.75 Å². The van der Waals surface area contributed by atoms with Crippen molar-refractivity contribution in [1.82, 2.24) is 5.32 Å². The number of rotatable bonds is 9.